The molecular formula is C16H17BrN2O2. The fourth-order valence-corrected chi connectivity index (χ4v) is 3.87. The first-order chi connectivity index (χ1) is 10.2. The van der Waals surface area contributed by atoms with Crippen molar-refractivity contribution in [1.82, 2.24) is 10.6 Å². The van der Waals surface area contributed by atoms with Gasteiger partial charge in [-0.25, -0.2) is 0 Å². The first-order valence-corrected chi connectivity index (χ1v) is 8.22. The first-order valence-electron chi connectivity index (χ1n) is 7.43. The average molecular weight is 349 g/mol. The summed E-state index contributed by atoms with van der Waals surface area (Å²) in [5.41, 5.74) is 1.48. The van der Waals surface area contributed by atoms with Gasteiger partial charge < -0.3 is 15.1 Å². The molecule has 2 aromatic rings. The predicted molar refractivity (Wildman–Crippen MR) is 84.3 cm³/mol. The van der Waals surface area contributed by atoms with Gasteiger partial charge in [0.2, 0.25) is 0 Å². The van der Waals surface area contributed by atoms with Crippen LogP contribution in [0.15, 0.2) is 33.4 Å². The topological polar surface area (TPSA) is 54.3 Å². The van der Waals surface area contributed by atoms with Crippen molar-refractivity contribution in [2.75, 3.05) is 6.54 Å². The summed E-state index contributed by atoms with van der Waals surface area (Å²) in [5, 5.41) is 7.68. The SMILES string of the molecule is O=C(N[C@@H]1CCNC2CCC21)c1ccc2occ(Br)c2c1. The lowest BCUT2D eigenvalue weighted by atomic mass is 9.71. The Balaban J connectivity index is 1.54. The Morgan fingerprint density at radius 1 is 1.33 bits per heavy atom. The number of hydrogen-bond acceptors (Lipinski definition) is 3. The van der Waals surface area contributed by atoms with Gasteiger partial charge in [-0.15, -0.1) is 0 Å². The lowest BCUT2D eigenvalue weighted by Crippen LogP contribution is -2.59. The molecule has 1 aliphatic heterocycles. The van der Waals surface area contributed by atoms with Gasteiger partial charge in [-0.05, 0) is 65.9 Å². The summed E-state index contributed by atoms with van der Waals surface area (Å²) in [6.07, 6.45) is 5.13. The maximum absolute atomic E-state index is 12.5. The van der Waals surface area contributed by atoms with E-state index in [1.54, 1.807) is 6.26 Å². The number of rotatable bonds is 2. The van der Waals surface area contributed by atoms with Crippen molar-refractivity contribution in [2.24, 2.45) is 5.92 Å². The number of piperidine rings is 1. The number of nitrogens with one attached hydrogen (secondary N) is 2. The molecule has 110 valence electrons. The van der Waals surface area contributed by atoms with Crippen LogP contribution in [0.4, 0.5) is 0 Å². The third-order valence-electron chi connectivity index (χ3n) is 4.81. The largest absolute Gasteiger partial charge is 0.463 e. The quantitative estimate of drug-likeness (QED) is 0.876. The summed E-state index contributed by atoms with van der Waals surface area (Å²) in [7, 11) is 0. The van der Waals surface area contributed by atoms with Crippen LogP contribution >= 0.6 is 15.9 Å². The molecule has 2 unspecified atom stereocenters. The van der Waals surface area contributed by atoms with E-state index >= 15 is 0 Å². The molecule has 0 spiro atoms. The summed E-state index contributed by atoms with van der Waals surface area (Å²) in [4.78, 5) is 12.5. The number of carbonyl (C=O) groups excluding carboxylic acids is 1. The van der Waals surface area contributed by atoms with Crippen LogP contribution in [0, 0.1) is 5.92 Å². The zero-order chi connectivity index (χ0) is 14.4. The summed E-state index contributed by atoms with van der Waals surface area (Å²) in [6, 6.07) is 6.48. The molecule has 0 bridgehead atoms. The standard InChI is InChI=1S/C16H17BrN2O2/c17-12-8-21-15-4-1-9(7-11(12)15)16(20)19-14-5-6-18-13-3-2-10(13)14/h1,4,7-8,10,13-14,18H,2-3,5-6H2,(H,19,20)/t10?,13?,14-/m1/s1. The van der Waals surface area contributed by atoms with Crippen molar-refractivity contribution < 1.29 is 9.21 Å². The van der Waals surface area contributed by atoms with E-state index < -0.39 is 0 Å². The van der Waals surface area contributed by atoms with Gasteiger partial charge >= 0.3 is 0 Å². The number of hydrogen-bond donors (Lipinski definition) is 2. The van der Waals surface area contributed by atoms with E-state index in [-0.39, 0.29) is 5.91 Å². The van der Waals surface area contributed by atoms with Gasteiger partial charge in [-0.3, -0.25) is 4.79 Å². The second-order valence-corrected chi connectivity index (χ2v) is 6.82. The molecule has 4 rings (SSSR count). The van der Waals surface area contributed by atoms with Crippen LogP contribution in [0.2, 0.25) is 0 Å². The van der Waals surface area contributed by atoms with Crippen molar-refractivity contribution in [3.05, 3.63) is 34.5 Å². The molecule has 1 aromatic heterocycles. The minimum Gasteiger partial charge on any atom is -0.463 e. The van der Waals surface area contributed by atoms with Crippen molar-refractivity contribution in [3.63, 3.8) is 0 Å². The second-order valence-electron chi connectivity index (χ2n) is 5.97. The molecule has 3 atom stereocenters. The highest BCUT2D eigenvalue weighted by Crippen LogP contribution is 2.34. The molecule has 5 heteroatoms. The summed E-state index contributed by atoms with van der Waals surface area (Å²) < 4.78 is 6.27. The molecule has 1 aromatic carbocycles. The minimum atomic E-state index is 0.0163. The number of amides is 1. The second kappa shape index (κ2) is 5.14. The van der Waals surface area contributed by atoms with E-state index in [2.05, 4.69) is 26.6 Å². The lowest BCUT2D eigenvalue weighted by Gasteiger charge is -2.46. The van der Waals surface area contributed by atoms with E-state index in [9.17, 15) is 4.79 Å². The third kappa shape index (κ3) is 2.28. The van der Waals surface area contributed by atoms with Gasteiger partial charge in [0.05, 0.1) is 4.47 Å². The number of furan rings is 1. The number of fused-ring (bicyclic) bond motifs is 2. The van der Waals surface area contributed by atoms with Gasteiger partial charge in [0.25, 0.3) is 5.91 Å². The Morgan fingerprint density at radius 2 is 2.24 bits per heavy atom. The number of halogens is 1. The zero-order valence-corrected chi connectivity index (χ0v) is 13.2. The molecule has 0 radical (unpaired) electrons. The van der Waals surface area contributed by atoms with Crippen LogP contribution in [-0.2, 0) is 0 Å². The number of carbonyl (C=O) groups is 1. The molecular weight excluding hydrogens is 332 g/mol. The molecule has 2 N–H and O–H groups in total. The predicted octanol–water partition coefficient (Wildman–Crippen LogP) is 3.07. The first kappa shape index (κ1) is 13.3. The molecule has 1 aliphatic carbocycles. The molecule has 2 heterocycles. The van der Waals surface area contributed by atoms with Crippen LogP contribution in [-0.4, -0.2) is 24.5 Å². The Bertz CT molecular complexity index is 697. The van der Waals surface area contributed by atoms with Crippen molar-refractivity contribution >= 4 is 32.8 Å². The van der Waals surface area contributed by atoms with Crippen molar-refractivity contribution in [3.8, 4) is 0 Å². The maximum atomic E-state index is 12.5. The summed E-state index contributed by atoms with van der Waals surface area (Å²) >= 11 is 3.44. The molecule has 1 saturated heterocycles. The van der Waals surface area contributed by atoms with Gasteiger partial charge in [-0.2, -0.15) is 0 Å². The zero-order valence-electron chi connectivity index (χ0n) is 11.6. The highest BCUT2D eigenvalue weighted by atomic mass is 79.9. The van der Waals surface area contributed by atoms with Crippen LogP contribution in [0.25, 0.3) is 11.0 Å². The molecule has 1 saturated carbocycles. The number of benzene rings is 1. The highest BCUT2D eigenvalue weighted by molar-refractivity contribution is 9.10. The fraction of sp³-hybridized carbons (Fsp3) is 0.438. The van der Waals surface area contributed by atoms with Gasteiger partial charge in [0, 0.05) is 23.0 Å². The third-order valence-corrected chi connectivity index (χ3v) is 5.43. The fourth-order valence-electron chi connectivity index (χ4n) is 3.47. The lowest BCUT2D eigenvalue weighted by molar-refractivity contribution is 0.0798. The van der Waals surface area contributed by atoms with E-state index in [1.165, 1.54) is 12.8 Å². The highest BCUT2D eigenvalue weighted by Gasteiger charge is 2.40. The molecule has 4 nitrogen and oxygen atoms in total. The molecule has 21 heavy (non-hydrogen) atoms. The van der Waals surface area contributed by atoms with Crippen LogP contribution in [0.5, 0.6) is 0 Å². The van der Waals surface area contributed by atoms with Crippen molar-refractivity contribution in [2.45, 2.75) is 31.3 Å². The Labute approximate surface area is 131 Å². The molecule has 1 amide bonds. The average Bonchev–Trinajstić information content (AvgIpc) is 2.82. The monoisotopic (exact) mass is 348 g/mol. The minimum absolute atomic E-state index is 0.0163. The summed E-state index contributed by atoms with van der Waals surface area (Å²) in [5.74, 6) is 0.620. The Morgan fingerprint density at radius 3 is 3.05 bits per heavy atom. The van der Waals surface area contributed by atoms with Crippen LogP contribution in [0.3, 0.4) is 0 Å². The maximum Gasteiger partial charge on any atom is 0.251 e. The van der Waals surface area contributed by atoms with E-state index in [1.807, 2.05) is 18.2 Å². The van der Waals surface area contributed by atoms with Gasteiger partial charge in [-0.1, -0.05) is 0 Å². The molecule has 2 aliphatic rings. The van der Waals surface area contributed by atoms with E-state index in [4.69, 9.17) is 4.42 Å². The van der Waals surface area contributed by atoms with Gasteiger partial charge in [0.1, 0.15) is 11.8 Å². The Hall–Kier alpha value is -1.33. The van der Waals surface area contributed by atoms with Crippen molar-refractivity contribution in [1.29, 1.82) is 0 Å². The summed E-state index contributed by atoms with van der Waals surface area (Å²) in [6.45, 7) is 0.998. The smallest absolute Gasteiger partial charge is 0.251 e. The normalized spacial score (nSPS) is 28.0. The van der Waals surface area contributed by atoms with E-state index in [0.29, 0.717) is 23.6 Å². The Kier molecular flexibility index (Phi) is 3.27. The van der Waals surface area contributed by atoms with Crippen LogP contribution < -0.4 is 10.6 Å². The molecule has 2 fully saturated rings. The van der Waals surface area contributed by atoms with E-state index in [0.717, 1.165) is 28.4 Å². The van der Waals surface area contributed by atoms with Crippen LogP contribution in [0.1, 0.15) is 29.6 Å². The van der Waals surface area contributed by atoms with Gasteiger partial charge in [0.15, 0.2) is 0 Å².